The maximum Gasteiger partial charge on any atom is 0.178 e. The van der Waals surface area contributed by atoms with E-state index in [1.54, 1.807) is 18.3 Å². The molecule has 0 aliphatic carbocycles. The second-order valence-electron chi connectivity index (χ2n) is 4.03. The van der Waals surface area contributed by atoms with Crippen molar-refractivity contribution in [2.24, 2.45) is 0 Å². The Bertz CT molecular complexity index is 342. The number of carbonyl (C=O) groups is 1. The molecule has 3 nitrogen and oxygen atoms in total. The van der Waals surface area contributed by atoms with Crippen LogP contribution in [0.15, 0.2) is 5.38 Å². The average Bonchev–Trinajstić information content (AvgIpc) is 2.68. The minimum Gasteiger partial charge on any atom is -0.314 e. The molecule has 4 heteroatoms. The fourth-order valence-corrected chi connectivity index (χ4v) is 2.79. The molecule has 0 saturated carbocycles. The molecular formula is C11H16N2OS. The summed E-state index contributed by atoms with van der Waals surface area (Å²) < 4.78 is 0. The maximum atomic E-state index is 11.1. The van der Waals surface area contributed by atoms with Gasteiger partial charge in [0.2, 0.25) is 0 Å². The molecule has 1 aliphatic heterocycles. The molecular weight excluding hydrogens is 208 g/mol. The van der Waals surface area contributed by atoms with Crippen molar-refractivity contribution in [3.8, 4) is 0 Å². The third-order valence-electron chi connectivity index (χ3n) is 2.75. The van der Waals surface area contributed by atoms with Gasteiger partial charge in [-0.05, 0) is 19.4 Å². The number of aromatic nitrogens is 1. The normalized spacial score (nSPS) is 21.5. The summed E-state index contributed by atoms with van der Waals surface area (Å²) in [6.07, 6.45) is 4.79. The van der Waals surface area contributed by atoms with Gasteiger partial charge in [-0.2, -0.15) is 0 Å². The van der Waals surface area contributed by atoms with Crippen molar-refractivity contribution in [3.63, 3.8) is 0 Å². The zero-order valence-corrected chi connectivity index (χ0v) is 9.77. The number of ketones is 1. The van der Waals surface area contributed by atoms with Crippen LogP contribution in [0.5, 0.6) is 0 Å². The summed E-state index contributed by atoms with van der Waals surface area (Å²) in [7, 11) is 0. The van der Waals surface area contributed by atoms with Gasteiger partial charge in [-0.3, -0.25) is 4.79 Å². The summed E-state index contributed by atoms with van der Waals surface area (Å²) in [5.41, 5.74) is 0.616. The standard InChI is InChI=1S/C11H16N2OS/c1-8(14)10-7-15-11(13-10)6-9-4-2-3-5-12-9/h7,9,12H,2-6H2,1H3. The van der Waals surface area contributed by atoms with Gasteiger partial charge in [0.05, 0.1) is 5.01 Å². The third-order valence-corrected chi connectivity index (χ3v) is 3.62. The molecule has 1 aliphatic rings. The van der Waals surface area contributed by atoms with Crippen LogP contribution in [0, 0.1) is 0 Å². The molecule has 1 atom stereocenters. The Hall–Kier alpha value is -0.740. The molecule has 0 radical (unpaired) electrons. The topological polar surface area (TPSA) is 42.0 Å². The predicted molar refractivity (Wildman–Crippen MR) is 61.5 cm³/mol. The van der Waals surface area contributed by atoms with Crippen molar-refractivity contribution >= 4 is 17.1 Å². The van der Waals surface area contributed by atoms with Gasteiger partial charge in [-0.25, -0.2) is 4.98 Å². The Balaban J connectivity index is 1.94. The first kappa shape index (κ1) is 10.8. The Labute approximate surface area is 93.9 Å². The molecule has 1 fully saturated rings. The van der Waals surface area contributed by atoms with E-state index in [4.69, 9.17) is 0 Å². The molecule has 0 spiro atoms. The smallest absolute Gasteiger partial charge is 0.178 e. The van der Waals surface area contributed by atoms with Crippen LogP contribution in [0.25, 0.3) is 0 Å². The molecule has 1 unspecified atom stereocenters. The van der Waals surface area contributed by atoms with Gasteiger partial charge < -0.3 is 5.32 Å². The van der Waals surface area contributed by atoms with E-state index in [1.807, 2.05) is 5.38 Å². The molecule has 1 aromatic heterocycles. The number of Topliss-reactive ketones (excluding diaryl/α,β-unsaturated/α-hetero) is 1. The van der Waals surface area contributed by atoms with Crippen molar-refractivity contribution in [1.82, 2.24) is 10.3 Å². The fraction of sp³-hybridized carbons (Fsp3) is 0.636. The first-order valence-corrected chi connectivity index (χ1v) is 6.32. The Morgan fingerprint density at radius 1 is 1.67 bits per heavy atom. The average molecular weight is 224 g/mol. The lowest BCUT2D eigenvalue weighted by atomic mass is 10.0. The monoisotopic (exact) mass is 224 g/mol. The van der Waals surface area contributed by atoms with Crippen molar-refractivity contribution in [1.29, 1.82) is 0 Å². The van der Waals surface area contributed by atoms with Gasteiger partial charge in [0.15, 0.2) is 5.78 Å². The van der Waals surface area contributed by atoms with Gasteiger partial charge in [0, 0.05) is 24.8 Å². The minimum atomic E-state index is 0.0640. The van der Waals surface area contributed by atoms with Crippen molar-refractivity contribution in [2.45, 2.75) is 38.6 Å². The minimum absolute atomic E-state index is 0.0640. The number of hydrogen-bond acceptors (Lipinski definition) is 4. The summed E-state index contributed by atoms with van der Waals surface area (Å²) >= 11 is 1.60. The van der Waals surface area contributed by atoms with E-state index in [0.717, 1.165) is 18.0 Å². The highest BCUT2D eigenvalue weighted by Gasteiger charge is 2.15. The van der Waals surface area contributed by atoms with Crippen LogP contribution in [0.1, 0.15) is 41.7 Å². The zero-order chi connectivity index (χ0) is 10.7. The van der Waals surface area contributed by atoms with Crippen LogP contribution in [0.3, 0.4) is 0 Å². The summed E-state index contributed by atoms with van der Waals surface area (Å²) in [5, 5.41) is 6.43. The SMILES string of the molecule is CC(=O)c1csc(CC2CCCCN2)n1. The number of piperidine rings is 1. The largest absolute Gasteiger partial charge is 0.314 e. The molecule has 2 heterocycles. The van der Waals surface area contributed by atoms with Crippen molar-refractivity contribution in [2.75, 3.05) is 6.54 Å². The van der Waals surface area contributed by atoms with Gasteiger partial charge in [-0.15, -0.1) is 11.3 Å². The summed E-state index contributed by atoms with van der Waals surface area (Å²) in [5.74, 6) is 0.0640. The first-order chi connectivity index (χ1) is 7.25. The molecule has 82 valence electrons. The van der Waals surface area contributed by atoms with E-state index in [1.165, 1.54) is 19.3 Å². The molecule has 1 aromatic rings. The van der Waals surface area contributed by atoms with E-state index >= 15 is 0 Å². The lowest BCUT2D eigenvalue weighted by Gasteiger charge is -2.22. The van der Waals surface area contributed by atoms with E-state index in [0.29, 0.717) is 11.7 Å². The number of thiazole rings is 1. The first-order valence-electron chi connectivity index (χ1n) is 5.44. The molecule has 2 rings (SSSR count). The number of carbonyl (C=O) groups excluding carboxylic acids is 1. The highest BCUT2D eigenvalue weighted by atomic mass is 32.1. The van der Waals surface area contributed by atoms with Crippen LogP contribution in [-0.2, 0) is 6.42 Å². The second-order valence-corrected chi connectivity index (χ2v) is 4.98. The number of hydrogen-bond donors (Lipinski definition) is 1. The number of nitrogens with zero attached hydrogens (tertiary/aromatic N) is 1. The summed E-state index contributed by atoms with van der Waals surface area (Å²) in [6.45, 7) is 2.69. The highest BCUT2D eigenvalue weighted by molar-refractivity contribution is 7.09. The quantitative estimate of drug-likeness (QED) is 0.799. The van der Waals surface area contributed by atoms with Crippen LogP contribution in [0.4, 0.5) is 0 Å². The predicted octanol–water partition coefficient (Wildman–Crippen LogP) is 2.03. The molecule has 0 amide bonds. The van der Waals surface area contributed by atoms with Gasteiger partial charge in [0.25, 0.3) is 0 Å². The summed E-state index contributed by atoms with van der Waals surface area (Å²) in [6, 6.07) is 0.560. The van der Waals surface area contributed by atoms with E-state index in [-0.39, 0.29) is 5.78 Å². The van der Waals surface area contributed by atoms with Crippen molar-refractivity contribution in [3.05, 3.63) is 16.1 Å². The number of rotatable bonds is 3. The van der Waals surface area contributed by atoms with Crippen LogP contribution >= 0.6 is 11.3 Å². The maximum absolute atomic E-state index is 11.1. The van der Waals surface area contributed by atoms with E-state index in [2.05, 4.69) is 10.3 Å². The van der Waals surface area contributed by atoms with Crippen LogP contribution in [-0.4, -0.2) is 23.4 Å². The van der Waals surface area contributed by atoms with Crippen LogP contribution < -0.4 is 5.32 Å². The molecule has 1 N–H and O–H groups in total. The second kappa shape index (κ2) is 4.86. The summed E-state index contributed by atoms with van der Waals surface area (Å²) in [4.78, 5) is 15.4. The third kappa shape index (κ3) is 2.86. The molecule has 15 heavy (non-hydrogen) atoms. The Morgan fingerprint density at radius 3 is 3.13 bits per heavy atom. The fourth-order valence-electron chi connectivity index (χ4n) is 1.88. The van der Waals surface area contributed by atoms with Gasteiger partial charge in [0.1, 0.15) is 5.69 Å². The van der Waals surface area contributed by atoms with E-state index < -0.39 is 0 Å². The van der Waals surface area contributed by atoms with Gasteiger partial charge >= 0.3 is 0 Å². The number of nitrogens with one attached hydrogen (secondary N) is 1. The molecule has 0 aromatic carbocycles. The van der Waals surface area contributed by atoms with Crippen molar-refractivity contribution < 1.29 is 4.79 Å². The lowest BCUT2D eigenvalue weighted by molar-refractivity contribution is 0.101. The van der Waals surface area contributed by atoms with E-state index in [9.17, 15) is 4.79 Å². The molecule has 1 saturated heterocycles. The lowest BCUT2D eigenvalue weighted by Crippen LogP contribution is -2.35. The Kier molecular flexibility index (Phi) is 3.49. The highest BCUT2D eigenvalue weighted by Crippen LogP contribution is 2.16. The molecule has 0 bridgehead atoms. The van der Waals surface area contributed by atoms with Crippen LogP contribution in [0.2, 0.25) is 0 Å². The zero-order valence-electron chi connectivity index (χ0n) is 8.95. The Morgan fingerprint density at radius 2 is 2.53 bits per heavy atom. The van der Waals surface area contributed by atoms with Gasteiger partial charge in [-0.1, -0.05) is 6.42 Å².